The molecule has 2 heterocycles. The summed E-state index contributed by atoms with van der Waals surface area (Å²) in [4.78, 5) is 20.8. The number of hydrogen-bond donors (Lipinski definition) is 1. The van der Waals surface area contributed by atoms with Gasteiger partial charge in [0.15, 0.2) is 5.78 Å². The number of nitrogens with one attached hydrogen (secondary N) is 1. The molecule has 0 radical (unpaired) electrons. The molecule has 1 aliphatic rings. The molecule has 1 aromatic carbocycles. The zero-order valence-corrected chi connectivity index (χ0v) is 14.0. The highest BCUT2D eigenvalue weighted by atomic mass is 19.4. The fourth-order valence-electron chi connectivity index (χ4n) is 3.13. The number of ketones is 1. The third kappa shape index (κ3) is 3.55. The van der Waals surface area contributed by atoms with Crippen LogP contribution in [0.25, 0.3) is 0 Å². The number of nitrogens with zero attached hydrogens (tertiary/aromatic N) is 2. The van der Waals surface area contributed by atoms with E-state index in [1.165, 1.54) is 18.3 Å². The van der Waals surface area contributed by atoms with E-state index in [1.54, 1.807) is 12.3 Å². The SMILES string of the molecule is O=C1C[C@H](c2ccco2)Cc2nc(Nc3cccc(C(F)(F)F)c3)ncc21. The van der Waals surface area contributed by atoms with E-state index in [0.717, 1.165) is 12.1 Å². The van der Waals surface area contributed by atoms with Crippen molar-refractivity contribution in [2.45, 2.75) is 24.9 Å². The predicted octanol–water partition coefficient (Wildman–Crippen LogP) is 4.74. The highest BCUT2D eigenvalue weighted by Gasteiger charge is 2.31. The van der Waals surface area contributed by atoms with Gasteiger partial charge in [0.05, 0.1) is 23.1 Å². The first-order valence-electron chi connectivity index (χ1n) is 8.27. The van der Waals surface area contributed by atoms with Gasteiger partial charge in [-0.05, 0) is 30.3 Å². The summed E-state index contributed by atoms with van der Waals surface area (Å²) in [5, 5.41) is 2.77. The number of carbonyl (C=O) groups is 1. The summed E-state index contributed by atoms with van der Waals surface area (Å²) in [6, 6.07) is 8.35. The number of benzene rings is 1. The minimum Gasteiger partial charge on any atom is -0.469 e. The lowest BCUT2D eigenvalue weighted by Gasteiger charge is -2.21. The number of anilines is 2. The first-order chi connectivity index (χ1) is 12.9. The molecule has 27 heavy (non-hydrogen) atoms. The van der Waals surface area contributed by atoms with Crippen molar-refractivity contribution in [1.29, 1.82) is 0 Å². The maximum Gasteiger partial charge on any atom is 0.416 e. The van der Waals surface area contributed by atoms with Gasteiger partial charge < -0.3 is 9.73 Å². The van der Waals surface area contributed by atoms with Crippen LogP contribution in [0, 0.1) is 0 Å². The fraction of sp³-hybridized carbons (Fsp3) is 0.211. The Labute approximate surface area is 152 Å². The number of carbonyl (C=O) groups excluding carboxylic acids is 1. The highest BCUT2D eigenvalue weighted by Crippen LogP contribution is 2.33. The molecular weight excluding hydrogens is 359 g/mol. The van der Waals surface area contributed by atoms with Crippen molar-refractivity contribution in [3.63, 3.8) is 0 Å². The zero-order chi connectivity index (χ0) is 19.0. The molecule has 1 aliphatic carbocycles. The Kier molecular flexibility index (Phi) is 4.18. The lowest BCUT2D eigenvalue weighted by Crippen LogP contribution is -2.20. The van der Waals surface area contributed by atoms with Gasteiger partial charge in [-0.15, -0.1) is 0 Å². The van der Waals surface area contributed by atoms with Crippen LogP contribution in [0.3, 0.4) is 0 Å². The summed E-state index contributed by atoms with van der Waals surface area (Å²) in [5.41, 5.74) is 0.442. The van der Waals surface area contributed by atoms with Crippen molar-refractivity contribution in [3.05, 3.63) is 71.4 Å². The summed E-state index contributed by atoms with van der Waals surface area (Å²) in [6.45, 7) is 0. The molecule has 3 aromatic rings. The molecule has 0 saturated heterocycles. The van der Waals surface area contributed by atoms with Gasteiger partial charge in [0.25, 0.3) is 0 Å². The molecule has 0 bridgehead atoms. The molecule has 0 spiro atoms. The van der Waals surface area contributed by atoms with Crippen molar-refractivity contribution in [3.8, 4) is 0 Å². The molecule has 0 fully saturated rings. The molecule has 5 nitrogen and oxygen atoms in total. The summed E-state index contributed by atoms with van der Waals surface area (Å²) in [5.74, 6) is 0.653. The second kappa shape index (κ2) is 6.53. The summed E-state index contributed by atoms with van der Waals surface area (Å²) >= 11 is 0. The monoisotopic (exact) mass is 373 g/mol. The Morgan fingerprint density at radius 2 is 2.00 bits per heavy atom. The highest BCUT2D eigenvalue weighted by molar-refractivity contribution is 5.98. The van der Waals surface area contributed by atoms with Crippen LogP contribution in [-0.4, -0.2) is 15.8 Å². The smallest absolute Gasteiger partial charge is 0.416 e. The van der Waals surface area contributed by atoms with Gasteiger partial charge in [0.1, 0.15) is 5.76 Å². The van der Waals surface area contributed by atoms with Gasteiger partial charge in [-0.2, -0.15) is 13.2 Å². The van der Waals surface area contributed by atoms with E-state index in [-0.39, 0.29) is 23.3 Å². The van der Waals surface area contributed by atoms with Crippen molar-refractivity contribution < 1.29 is 22.4 Å². The number of furan rings is 1. The minimum atomic E-state index is -4.43. The van der Waals surface area contributed by atoms with Crippen LogP contribution >= 0.6 is 0 Å². The average molecular weight is 373 g/mol. The molecule has 1 N–H and O–H groups in total. The lowest BCUT2D eigenvalue weighted by atomic mass is 9.85. The van der Waals surface area contributed by atoms with Gasteiger partial charge in [-0.25, -0.2) is 9.97 Å². The lowest BCUT2D eigenvalue weighted by molar-refractivity contribution is -0.137. The fourth-order valence-corrected chi connectivity index (χ4v) is 3.13. The van der Waals surface area contributed by atoms with Gasteiger partial charge >= 0.3 is 6.18 Å². The van der Waals surface area contributed by atoms with E-state index in [2.05, 4.69) is 15.3 Å². The summed E-state index contributed by atoms with van der Waals surface area (Å²) in [6.07, 6.45) is -0.662. The van der Waals surface area contributed by atoms with E-state index < -0.39 is 11.7 Å². The number of fused-ring (bicyclic) bond motifs is 1. The first-order valence-corrected chi connectivity index (χ1v) is 8.27. The largest absolute Gasteiger partial charge is 0.469 e. The molecule has 1 atom stereocenters. The third-order valence-electron chi connectivity index (χ3n) is 4.43. The van der Waals surface area contributed by atoms with Crippen LogP contribution in [0.5, 0.6) is 0 Å². The number of aromatic nitrogens is 2. The predicted molar refractivity (Wildman–Crippen MR) is 90.9 cm³/mol. The van der Waals surface area contributed by atoms with Gasteiger partial charge in [-0.3, -0.25) is 4.79 Å². The van der Waals surface area contributed by atoms with E-state index >= 15 is 0 Å². The van der Waals surface area contributed by atoms with Crippen molar-refractivity contribution in [1.82, 2.24) is 9.97 Å². The maximum absolute atomic E-state index is 12.8. The van der Waals surface area contributed by atoms with Crippen LogP contribution in [0.1, 0.15) is 39.7 Å². The molecule has 8 heteroatoms. The molecule has 2 aromatic heterocycles. The Morgan fingerprint density at radius 3 is 2.74 bits per heavy atom. The van der Waals surface area contributed by atoms with E-state index in [9.17, 15) is 18.0 Å². The van der Waals surface area contributed by atoms with Gasteiger partial charge in [0, 0.05) is 30.6 Å². The normalized spacial score (nSPS) is 16.9. The van der Waals surface area contributed by atoms with Crippen LogP contribution in [0.15, 0.2) is 53.3 Å². The summed E-state index contributed by atoms with van der Waals surface area (Å²) < 4.78 is 43.9. The van der Waals surface area contributed by atoms with Crippen molar-refractivity contribution in [2.75, 3.05) is 5.32 Å². The van der Waals surface area contributed by atoms with Gasteiger partial charge in [-0.1, -0.05) is 6.07 Å². The Hall–Kier alpha value is -3.16. The van der Waals surface area contributed by atoms with E-state index in [4.69, 9.17) is 4.42 Å². The van der Waals surface area contributed by atoms with Crippen LogP contribution in [0.4, 0.5) is 24.8 Å². The molecule has 0 amide bonds. The molecule has 0 saturated carbocycles. The van der Waals surface area contributed by atoms with Crippen LogP contribution < -0.4 is 5.32 Å². The van der Waals surface area contributed by atoms with E-state index in [0.29, 0.717) is 29.9 Å². The maximum atomic E-state index is 12.8. The molecule has 4 rings (SSSR count). The second-order valence-electron chi connectivity index (χ2n) is 6.30. The number of halogens is 3. The zero-order valence-electron chi connectivity index (χ0n) is 14.0. The van der Waals surface area contributed by atoms with Crippen LogP contribution in [-0.2, 0) is 12.6 Å². The molecule has 138 valence electrons. The summed E-state index contributed by atoms with van der Waals surface area (Å²) in [7, 11) is 0. The molecule has 0 aliphatic heterocycles. The van der Waals surface area contributed by atoms with Crippen molar-refractivity contribution in [2.24, 2.45) is 0 Å². The first kappa shape index (κ1) is 17.3. The topological polar surface area (TPSA) is 68.0 Å². The molecular formula is C19H14F3N3O2. The molecule has 0 unspecified atom stereocenters. The second-order valence-corrected chi connectivity index (χ2v) is 6.30. The quantitative estimate of drug-likeness (QED) is 0.718. The standard InChI is InChI=1S/C19H14F3N3O2/c20-19(21,22)12-3-1-4-13(9-12)24-18-23-10-14-15(25-18)7-11(8-16(14)26)17-5-2-6-27-17/h1-6,9-11H,7-8H2,(H,23,24,25)/t11-/m1/s1. The Morgan fingerprint density at radius 1 is 1.15 bits per heavy atom. The average Bonchev–Trinajstić information content (AvgIpc) is 3.15. The Balaban J connectivity index is 1.60. The number of Topliss-reactive ketones (excluding diaryl/α,β-unsaturated/α-hetero) is 1. The van der Waals surface area contributed by atoms with E-state index in [1.807, 2.05) is 6.07 Å². The Bertz CT molecular complexity index is 984. The van der Waals surface area contributed by atoms with Gasteiger partial charge in [0.2, 0.25) is 5.95 Å². The third-order valence-corrected chi connectivity index (χ3v) is 4.43. The minimum absolute atomic E-state index is 0.0803. The number of alkyl halides is 3. The number of rotatable bonds is 3. The van der Waals surface area contributed by atoms with Crippen LogP contribution in [0.2, 0.25) is 0 Å². The number of hydrogen-bond acceptors (Lipinski definition) is 5. The van der Waals surface area contributed by atoms with Crippen molar-refractivity contribution >= 4 is 17.4 Å².